The Kier molecular flexibility index (Phi) is 10.4. The fraction of sp³-hybridized carbons (Fsp3) is 0.882. The van der Waals surface area contributed by atoms with Crippen LogP contribution in [0.25, 0.3) is 0 Å². The Hall–Kier alpha value is -1.50. The smallest absolute Gasteiger partial charge is 0.408 e. The number of amides is 1. The van der Waals surface area contributed by atoms with Crippen molar-refractivity contribution < 1.29 is 14.3 Å². The van der Waals surface area contributed by atoms with Gasteiger partial charge in [0.25, 0.3) is 0 Å². The summed E-state index contributed by atoms with van der Waals surface area (Å²) in [5, 5.41) is 9.47. The van der Waals surface area contributed by atoms with Crippen LogP contribution in [0.3, 0.4) is 0 Å². The third kappa shape index (κ3) is 9.60. The van der Waals surface area contributed by atoms with Crippen LogP contribution >= 0.6 is 0 Å². The van der Waals surface area contributed by atoms with Crippen LogP contribution in [0.2, 0.25) is 0 Å². The van der Waals surface area contributed by atoms with Gasteiger partial charge in [0, 0.05) is 26.7 Å². The van der Waals surface area contributed by atoms with Crippen molar-refractivity contribution in [1.82, 2.24) is 16.0 Å². The zero-order valence-corrected chi connectivity index (χ0v) is 16.4. The van der Waals surface area contributed by atoms with E-state index in [0.29, 0.717) is 32.3 Å². The summed E-state index contributed by atoms with van der Waals surface area (Å²) in [6.45, 7) is 14.2. The van der Waals surface area contributed by atoms with Gasteiger partial charge in [0.2, 0.25) is 0 Å². The first-order valence-corrected chi connectivity index (χ1v) is 8.75. The molecular weight excluding hydrogens is 308 g/mol. The fourth-order valence-electron chi connectivity index (χ4n) is 2.10. The fourth-order valence-corrected chi connectivity index (χ4v) is 2.10. The van der Waals surface area contributed by atoms with Gasteiger partial charge in [0.05, 0.1) is 12.1 Å². The molecule has 0 fully saturated rings. The monoisotopic (exact) mass is 344 g/mol. The van der Waals surface area contributed by atoms with E-state index in [1.54, 1.807) is 7.05 Å². The van der Waals surface area contributed by atoms with Crippen LogP contribution in [0.4, 0.5) is 4.79 Å². The van der Waals surface area contributed by atoms with Crippen LogP contribution in [0, 0.1) is 0 Å². The van der Waals surface area contributed by atoms with Crippen molar-refractivity contribution >= 4 is 12.1 Å². The van der Waals surface area contributed by atoms with Crippen molar-refractivity contribution in [3.05, 3.63) is 0 Å². The van der Waals surface area contributed by atoms with E-state index >= 15 is 0 Å². The summed E-state index contributed by atoms with van der Waals surface area (Å²) in [6, 6.07) is 0. The standard InChI is InChI=1S/C17H36N4O3/c1-8-17(9-2,21-15(22)24-16(4,5)6)13-20-14(18-7)19-11-12-23-10-3/h8-13H2,1-7H3,(H,21,22)(H2,18,19,20). The maximum atomic E-state index is 12.1. The van der Waals surface area contributed by atoms with E-state index in [4.69, 9.17) is 9.47 Å². The SMILES string of the molecule is CCOCCNC(=NC)NCC(CC)(CC)NC(=O)OC(C)(C)C. The van der Waals surface area contributed by atoms with Crippen LogP contribution < -0.4 is 16.0 Å². The predicted octanol–water partition coefficient (Wildman–Crippen LogP) is 2.27. The molecule has 0 aromatic rings. The summed E-state index contributed by atoms with van der Waals surface area (Å²) in [4.78, 5) is 16.3. The van der Waals surface area contributed by atoms with Crippen LogP contribution in [0.15, 0.2) is 4.99 Å². The second-order valence-corrected chi connectivity index (χ2v) is 6.66. The maximum absolute atomic E-state index is 12.1. The van der Waals surface area contributed by atoms with E-state index in [1.807, 2.05) is 41.5 Å². The molecule has 3 N–H and O–H groups in total. The lowest BCUT2D eigenvalue weighted by molar-refractivity contribution is 0.0448. The number of carbonyl (C=O) groups is 1. The Balaban J connectivity index is 4.61. The molecule has 0 aliphatic heterocycles. The Morgan fingerprint density at radius 1 is 1.08 bits per heavy atom. The predicted molar refractivity (Wildman–Crippen MR) is 98.5 cm³/mol. The van der Waals surface area contributed by atoms with Crippen molar-refractivity contribution in [2.24, 2.45) is 4.99 Å². The Morgan fingerprint density at radius 3 is 2.17 bits per heavy atom. The van der Waals surface area contributed by atoms with Gasteiger partial charge in [0.15, 0.2) is 5.96 Å². The number of hydrogen-bond donors (Lipinski definition) is 3. The number of nitrogens with zero attached hydrogens (tertiary/aromatic N) is 1. The summed E-state index contributed by atoms with van der Waals surface area (Å²) in [5.74, 6) is 0.687. The summed E-state index contributed by atoms with van der Waals surface area (Å²) >= 11 is 0. The topological polar surface area (TPSA) is 84.0 Å². The van der Waals surface area contributed by atoms with Gasteiger partial charge in [-0.1, -0.05) is 13.8 Å². The van der Waals surface area contributed by atoms with E-state index in [-0.39, 0.29) is 5.54 Å². The van der Waals surface area contributed by atoms with Gasteiger partial charge >= 0.3 is 6.09 Å². The number of nitrogens with one attached hydrogen (secondary N) is 3. The Bertz CT molecular complexity index is 388. The zero-order chi connectivity index (χ0) is 18.6. The summed E-state index contributed by atoms with van der Waals surface area (Å²) in [7, 11) is 1.72. The van der Waals surface area contributed by atoms with Gasteiger partial charge < -0.3 is 25.4 Å². The molecule has 0 saturated carbocycles. The molecule has 0 aromatic carbocycles. The van der Waals surface area contributed by atoms with Gasteiger partial charge in [-0.05, 0) is 40.5 Å². The molecule has 0 aromatic heterocycles. The molecule has 24 heavy (non-hydrogen) atoms. The van der Waals surface area contributed by atoms with E-state index in [9.17, 15) is 4.79 Å². The largest absolute Gasteiger partial charge is 0.444 e. The molecule has 0 bridgehead atoms. The number of alkyl carbamates (subject to hydrolysis) is 1. The van der Waals surface area contributed by atoms with Gasteiger partial charge in [-0.15, -0.1) is 0 Å². The van der Waals surface area contributed by atoms with Crippen molar-refractivity contribution in [1.29, 1.82) is 0 Å². The molecule has 142 valence electrons. The lowest BCUT2D eigenvalue weighted by Gasteiger charge is -2.34. The lowest BCUT2D eigenvalue weighted by atomic mass is 9.93. The highest BCUT2D eigenvalue weighted by atomic mass is 16.6. The third-order valence-electron chi connectivity index (χ3n) is 3.68. The molecule has 1 amide bonds. The van der Waals surface area contributed by atoms with Crippen LogP contribution in [-0.2, 0) is 9.47 Å². The minimum atomic E-state index is -0.512. The zero-order valence-electron chi connectivity index (χ0n) is 16.4. The molecule has 0 aliphatic rings. The minimum Gasteiger partial charge on any atom is -0.444 e. The number of aliphatic imine (C=N–C) groups is 1. The molecule has 0 unspecified atom stereocenters. The second kappa shape index (κ2) is 11.1. The van der Waals surface area contributed by atoms with Crippen molar-refractivity contribution in [3.63, 3.8) is 0 Å². The third-order valence-corrected chi connectivity index (χ3v) is 3.68. The molecule has 0 atom stereocenters. The highest BCUT2D eigenvalue weighted by Gasteiger charge is 2.30. The van der Waals surface area contributed by atoms with Gasteiger partial charge in [-0.2, -0.15) is 0 Å². The average Bonchev–Trinajstić information content (AvgIpc) is 2.51. The highest BCUT2D eigenvalue weighted by Crippen LogP contribution is 2.16. The minimum absolute atomic E-state index is 0.389. The number of carbonyl (C=O) groups excluding carboxylic acids is 1. The lowest BCUT2D eigenvalue weighted by Crippen LogP contribution is -2.57. The second-order valence-electron chi connectivity index (χ2n) is 6.66. The summed E-state index contributed by atoms with van der Waals surface area (Å²) in [6.07, 6.45) is 1.17. The highest BCUT2D eigenvalue weighted by molar-refractivity contribution is 5.79. The number of guanidine groups is 1. The molecule has 0 rings (SSSR count). The first-order valence-electron chi connectivity index (χ1n) is 8.75. The van der Waals surface area contributed by atoms with E-state index in [1.165, 1.54) is 0 Å². The molecule has 0 spiro atoms. The van der Waals surface area contributed by atoms with Crippen LogP contribution in [0.1, 0.15) is 54.4 Å². The van der Waals surface area contributed by atoms with Gasteiger partial charge in [-0.25, -0.2) is 4.79 Å². The van der Waals surface area contributed by atoms with Crippen molar-refractivity contribution in [3.8, 4) is 0 Å². The molecule has 0 saturated heterocycles. The van der Waals surface area contributed by atoms with Crippen molar-refractivity contribution in [2.45, 2.75) is 65.5 Å². The number of hydrogen-bond acceptors (Lipinski definition) is 4. The average molecular weight is 345 g/mol. The van der Waals surface area contributed by atoms with E-state index in [2.05, 4.69) is 20.9 Å². The summed E-state index contributed by atoms with van der Waals surface area (Å²) in [5.41, 5.74) is -0.901. The first-order chi connectivity index (χ1) is 11.2. The molecule has 0 heterocycles. The summed E-state index contributed by atoms with van der Waals surface area (Å²) < 4.78 is 10.7. The Labute approximate surface area is 147 Å². The molecule has 7 heteroatoms. The van der Waals surface area contributed by atoms with Gasteiger partial charge in [-0.3, -0.25) is 4.99 Å². The maximum Gasteiger partial charge on any atom is 0.408 e. The van der Waals surface area contributed by atoms with Gasteiger partial charge in [0.1, 0.15) is 5.60 Å². The van der Waals surface area contributed by atoms with Crippen molar-refractivity contribution in [2.75, 3.05) is 33.4 Å². The van der Waals surface area contributed by atoms with Crippen LogP contribution in [0.5, 0.6) is 0 Å². The molecule has 0 radical (unpaired) electrons. The van der Waals surface area contributed by atoms with E-state index in [0.717, 1.165) is 12.8 Å². The first kappa shape index (κ1) is 22.5. The van der Waals surface area contributed by atoms with Crippen LogP contribution in [-0.4, -0.2) is 56.5 Å². The number of rotatable bonds is 9. The molecule has 0 aliphatic carbocycles. The quantitative estimate of drug-likeness (QED) is 0.339. The normalized spacial score (nSPS) is 12.7. The van der Waals surface area contributed by atoms with E-state index < -0.39 is 11.7 Å². The number of ether oxygens (including phenoxy) is 2. The molecule has 7 nitrogen and oxygen atoms in total. The Morgan fingerprint density at radius 2 is 1.71 bits per heavy atom. The molecular formula is C17H36N4O3.